The number of nitrogens with zero attached hydrogens (tertiary/aromatic N) is 1. The normalized spacial score (nSPS) is 11.2. The zero-order valence-electron chi connectivity index (χ0n) is 12.5. The maximum Gasteiger partial charge on any atom is 0.270 e. The van der Waals surface area contributed by atoms with Gasteiger partial charge in [0.15, 0.2) is 0 Å². The molecule has 0 atom stereocenters. The van der Waals surface area contributed by atoms with Crippen molar-refractivity contribution in [1.29, 1.82) is 0 Å². The minimum atomic E-state index is -3.73. The highest BCUT2D eigenvalue weighted by atomic mass is 32.2. The van der Waals surface area contributed by atoms with Crippen LogP contribution in [0.3, 0.4) is 0 Å². The summed E-state index contributed by atoms with van der Waals surface area (Å²) in [4.78, 5) is 10.5. The number of hydrogen-bond donors (Lipinski definition) is 1. The van der Waals surface area contributed by atoms with Crippen LogP contribution in [-0.4, -0.2) is 13.3 Å². The van der Waals surface area contributed by atoms with Crippen LogP contribution in [0.2, 0.25) is 0 Å². The van der Waals surface area contributed by atoms with Gasteiger partial charge in [-0.2, -0.15) is 0 Å². The van der Waals surface area contributed by atoms with Gasteiger partial charge < -0.3 is 0 Å². The summed E-state index contributed by atoms with van der Waals surface area (Å²) in [5, 5.41) is 10.8. The molecule has 0 heterocycles. The van der Waals surface area contributed by atoms with Gasteiger partial charge in [0.25, 0.3) is 15.7 Å². The van der Waals surface area contributed by atoms with E-state index in [-0.39, 0.29) is 10.6 Å². The molecule has 22 heavy (non-hydrogen) atoms. The number of sulfonamides is 1. The quantitative estimate of drug-likeness (QED) is 0.691. The average molecular weight is 320 g/mol. The van der Waals surface area contributed by atoms with Crippen LogP contribution in [0.15, 0.2) is 41.3 Å². The van der Waals surface area contributed by atoms with Gasteiger partial charge in [-0.3, -0.25) is 14.8 Å². The second-order valence-corrected chi connectivity index (χ2v) is 6.81. The summed E-state index contributed by atoms with van der Waals surface area (Å²) in [7, 11) is -3.73. The molecule has 0 unspecified atom stereocenters. The number of anilines is 1. The number of aryl methyl sites for hydroxylation is 3. The molecule has 116 valence electrons. The molecule has 0 radical (unpaired) electrons. The third-order valence-electron chi connectivity index (χ3n) is 3.30. The molecular weight excluding hydrogens is 304 g/mol. The Morgan fingerprint density at radius 1 is 1.00 bits per heavy atom. The van der Waals surface area contributed by atoms with Crippen molar-refractivity contribution in [1.82, 2.24) is 0 Å². The first kappa shape index (κ1) is 16.0. The molecule has 0 spiro atoms. The SMILES string of the molecule is Cc1ccc(S(=O)(=O)Nc2c(C)cc([N+](=O)[O-])cc2C)cc1. The summed E-state index contributed by atoms with van der Waals surface area (Å²) in [6, 6.07) is 9.16. The Hall–Kier alpha value is -2.41. The van der Waals surface area contributed by atoms with E-state index in [0.29, 0.717) is 16.8 Å². The lowest BCUT2D eigenvalue weighted by atomic mass is 10.1. The molecule has 0 aliphatic heterocycles. The zero-order chi connectivity index (χ0) is 16.5. The third-order valence-corrected chi connectivity index (χ3v) is 4.66. The Kier molecular flexibility index (Phi) is 4.18. The summed E-state index contributed by atoms with van der Waals surface area (Å²) in [5.41, 5.74) is 2.27. The molecule has 6 nitrogen and oxygen atoms in total. The summed E-state index contributed by atoms with van der Waals surface area (Å²) in [6.07, 6.45) is 0. The Morgan fingerprint density at radius 3 is 1.95 bits per heavy atom. The summed E-state index contributed by atoms with van der Waals surface area (Å²) >= 11 is 0. The lowest BCUT2D eigenvalue weighted by Crippen LogP contribution is -2.14. The number of nitrogens with one attached hydrogen (secondary N) is 1. The van der Waals surface area contributed by atoms with Gasteiger partial charge in [-0.1, -0.05) is 17.7 Å². The second-order valence-electron chi connectivity index (χ2n) is 5.13. The molecule has 0 saturated heterocycles. The molecule has 2 rings (SSSR count). The number of hydrogen-bond acceptors (Lipinski definition) is 4. The first-order valence-corrected chi connectivity index (χ1v) is 8.04. The lowest BCUT2D eigenvalue weighted by molar-refractivity contribution is -0.384. The highest BCUT2D eigenvalue weighted by Gasteiger charge is 2.18. The van der Waals surface area contributed by atoms with Gasteiger partial charge in [-0.25, -0.2) is 8.42 Å². The predicted molar refractivity (Wildman–Crippen MR) is 84.6 cm³/mol. The topological polar surface area (TPSA) is 89.3 Å². The fourth-order valence-corrected chi connectivity index (χ4v) is 3.32. The van der Waals surface area contributed by atoms with E-state index < -0.39 is 14.9 Å². The Labute approximate surface area is 129 Å². The number of nitro benzene ring substituents is 1. The van der Waals surface area contributed by atoms with E-state index in [4.69, 9.17) is 0 Å². The van der Waals surface area contributed by atoms with Crippen LogP contribution < -0.4 is 4.72 Å². The maximum absolute atomic E-state index is 12.4. The van der Waals surface area contributed by atoms with Crippen molar-refractivity contribution < 1.29 is 13.3 Å². The van der Waals surface area contributed by atoms with E-state index >= 15 is 0 Å². The van der Waals surface area contributed by atoms with Gasteiger partial charge in [0.1, 0.15) is 0 Å². The van der Waals surface area contributed by atoms with Crippen molar-refractivity contribution in [2.75, 3.05) is 4.72 Å². The predicted octanol–water partition coefficient (Wildman–Crippen LogP) is 3.32. The number of benzene rings is 2. The van der Waals surface area contributed by atoms with E-state index in [0.717, 1.165) is 5.56 Å². The van der Waals surface area contributed by atoms with E-state index in [1.807, 2.05) is 6.92 Å². The molecule has 0 bridgehead atoms. The number of rotatable bonds is 4. The molecule has 0 saturated carbocycles. The molecule has 1 N–H and O–H groups in total. The van der Waals surface area contributed by atoms with Crippen molar-refractivity contribution in [3.05, 3.63) is 63.2 Å². The smallest absolute Gasteiger partial charge is 0.270 e. The van der Waals surface area contributed by atoms with Crippen molar-refractivity contribution in [2.24, 2.45) is 0 Å². The van der Waals surface area contributed by atoms with E-state index in [9.17, 15) is 18.5 Å². The largest absolute Gasteiger partial charge is 0.279 e. The van der Waals surface area contributed by atoms with Gasteiger partial charge in [-0.05, 0) is 44.0 Å². The monoisotopic (exact) mass is 320 g/mol. The number of nitro groups is 1. The summed E-state index contributed by atoms with van der Waals surface area (Å²) < 4.78 is 27.3. The van der Waals surface area contributed by atoms with E-state index in [1.165, 1.54) is 24.3 Å². The molecule has 0 amide bonds. The van der Waals surface area contributed by atoms with Crippen molar-refractivity contribution >= 4 is 21.4 Å². The molecule has 0 aromatic heterocycles. The van der Waals surface area contributed by atoms with Crippen molar-refractivity contribution in [2.45, 2.75) is 25.7 Å². The molecule has 2 aromatic carbocycles. The van der Waals surface area contributed by atoms with Crippen LogP contribution in [0.1, 0.15) is 16.7 Å². The van der Waals surface area contributed by atoms with Crippen LogP contribution in [0, 0.1) is 30.9 Å². The van der Waals surface area contributed by atoms with E-state index in [2.05, 4.69) is 4.72 Å². The zero-order valence-corrected chi connectivity index (χ0v) is 13.3. The maximum atomic E-state index is 12.4. The average Bonchev–Trinajstić information content (AvgIpc) is 2.43. The Bertz CT molecular complexity index is 804. The highest BCUT2D eigenvalue weighted by Crippen LogP contribution is 2.28. The molecule has 7 heteroatoms. The van der Waals surface area contributed by atoms with Crippen LogP contribution in [-0.2, 0) is 10.0 Å². The standard InChI is InChI=1S/C15H16N2O4S/c1-10-4-6-14(7-5-10)22(20,21)16-15-11(2)8-13(17(18)19)9-12(15)3/h4-9,16H,1-3H3. The molecule has 0 aliphatic carbocycles. The molecule has 2 aromatic rings. The van der Waals surface area contributed by atoms with Gasteiger partial charge in [0, 0.05) is 12.1 Å². The number of non-ortho nitro benzene ring substituents is 1. The van der Waals surface area contributed by atoms with Gasteiger partial charge >= 0.3 is 0 Å². The lowest BCUT2D eigenvalue weighted by Gasteiger charge is -2.13. The second kappa shape index (κ2) is 5.76. The Balaban J connectivity index is 2.42. The summed E-state index contributed by atoms with van der Waals surface area (Å²) in [6.45, 7) is 5.13. The van der Waals surface area contributed by atoms with Crippen molar-refractivity contribution in [3.63, 3.8) is 0 Å². The summed E-state index contributed by atoms with van der Waals surface area (Å²) in [5.74, 6) is 0. The molecule has 0 fully saturated rings. The first-order valence-electron chi connectivity index (χ1n) is 6.56. The fraction of sp³-hybridized carbons (Fsp3) is 0.200. The van der Waals surface area contributed by atoms with Crippen LogP contribution in [0.25, 0.3) is 0 Å². The molecule has 0 aliphatic rings. The van der Waals surface area contributed by atoms with Gasteiger partial charge in [-0.15, -0.1) is 0 Å². The van der Waals surface area contributed by atoms with Crippen LogP contribution in [0.5, 0.6) is 0 Å². The fourth-order valence-electron chi connectivity index (χ4n) is 2.12. The van der Waals surface area contributed by atoms with E-state index in [1.54, 1.807) is 26.0 Å². The van der Waals surface area contributed by atoms with Gasteiger partial charge in [0.2, 0.25) is 0 Å². The van der Waals surface area contributed by atoms with Crippen LogP contribution in [0.4, 0.5) is 11.4 Å². The Morgan fingerprint density at radius 2 is 1.50 bits per heavy atom. The first-order chi connectivity index (χ1) is 10.2. The van der Waals surface area contributed by atoms with Gasteiger partial charge in [0.05, 0.1) is 15.5 Å². The minimum absolute atomic E-state index is 0.0618. The van der Waals surface area contributed by atoms with Crippen molar-refractivity contribution in [3.8, 4) is 0 Å². The molecular formula is C15H16N2O4S. The van der Waals surface area contributed by atoms with Crippen LogP contribution >= 0.6 is 0 Å². The third kappa shape index (κ3) is 3.25. The highest BCUT2D eigenvalue weighted by molar-refractivity contribution is 7.92. The minimum Gasteiger partial charge on any atom is -0.279 e.